The van der Waals surface area contributed by atoms with Gasteiger partial charge in [-0.1, -0.05) is 0 Å². The Morgan fingerprint density at radius 1 is 1.23 bits per heavy atom. The van der Waals surface area contributed by atoms with Gasteiger partial charge >= 0.3 is 0 Å². The van der Waals surface area contributed by atoms with E-state index in [2.05, 4.69) is 15.3 Å². The molecule has 1 aromatic carbocycles. The summed E-state index contributed by atoms with van der Waals surface area (Å²) in [5, 5.41) is 2.54. The van der Waals surface area contributed by atoms with Gasteiger partial charge in [0.15, 0.2) is 5.67 Å². The average molecular weight is 424 g/mol. The van der Waals surface area contributed by atoms with Crippen molar-refractivity contribution in [3.63, 3.8) is 0 Å². The number of carbonyl (C=O) groups excluding carboxylic acids is 1. The summed E-state index contributed by atoms with van der Waals surface area (Å²) in [6.07, 6.45) is 0.615. The van der Waals surface area contributed by atoms with Crippen molar-refractivity contribution in [3.05, 3.63) is 53.6 Å². The van der Waals surface area contributed by atoms with Crippen LogP contribution in [0.25, 0.3) is 0 Å². The maximum atomic E-state index is 14.5. The second kappa shape index (κ2) is 8.29. The van der Waals surface area contributed by atoms with Crippen molar-refractivity contribution in [3.8, 4) is 5.75 Å². The quantitative estimate of drug-likeness (QED) is 0.695. The molecule has 2 aromatic rings. The summed E-state index contributed by atoms with van der Waals surface area (Å²) in [4.78, 5) is 20.2. The Morgan fingerprint density at radius 3 is 2.57 bits per heavy atom. The fourth-order valence-corrected chi connectivity index (χ4v) is 3.21. The third kappa shape index (κ3) is 3.94. The van der Waals surface area contributed by atoms with Crippen LogP contribution in [-0.2, 0) is 5.54 Å². The first-order chi connectivity index (χ1) is 14.3. The third-order valence-corrected chi connectivity index (χ3v) is 5.09. The molecule has 30 heavy (non-hydrogen) atoms. The number of carbonyl (C=O) groups is 1. The lowest BCUT2D eigenvalue weighted by Gasteiger charge is -2.37. The van der Waals surface area contributed by atoms with Gasteiger partial charge in [-0.05, 0) is 43.2 Å². The van der Waals surface area contributed by atoms with Crippen LogP contribution >= 0.6 is 0 Å². The van der Waals surface area contributed by atoms with Gasteiger partial charge in [-0.25, -0.2) is 22.5 Å². The van der Waals surface area contributed by atoms with Gasteiger partial charge in [0.05, 0.1) is 13.3 Å². The molecule has 0 radical (unpaired) electrons. The Balaban J connectivity index is 1.92. The van der Waals surface area contributed by atoms with Crippen molar-refractivity contribution in [2.45, 2.75) is 24.0 Å². The number of alkyl halides is 3. The number of halogens is 4. The molecule has 1 aliphatic rings. The van der Waals surface area contributed by atoms with E-state index in [-0.39, 0.29) is 23.4 Å². The number of aromatic nitrogens is 1. The zero-order chi connectivity index (χ0) is 21.9. The number of benzene rings is 1. The number of amides is 1. The smallest absolute Gasteiger partial charge is 0.274 e. The van der Waals surface area contributed by atoms with Crippen LogP contribution in [0, 0.1) is 5.82 Å². The molecule has 1 aromatic heterocycles. The van der Waals surface area contributed by atoms with Crippen LogP contribution in [0.1, 0.15) is 28.9 Å². The van der Waals surface area contributed by atoms with Crippen molar-refractivity contribution < 1.29 is 27.1 Å². The molecule has 3 N–H and O–H groups in total. The fraction of sp³-hybridized carbons (Fsp3) is 0.350. The first-order valence-corrected chi connectivity index (χ1v) is 9.05. The van der Waals surface area contributed by atoms with Gasteiger partial charge in [0, 0.05) is 11.3 Å². The molecule has 1 aliphatic heterocycles. The van der Waals surface area contributed by atoms with Crippen molar-refractivity contribution >= 4 is 17.4 Å². The molecule has 0 aliphatic carbocycles. The molecule has 0 spiro atoms. The summed E-state index contributed by atoms with van der Waals surface area (Å²) in [5.74, 6) is -1.65. The minimum Gasteiger partial charge on any atom is -0.495 e. The number of ether oxygens (including phenoxy) is 1. The van der Waals surface area contributed by atoms with Gasteiger partial charge in [0.1, 0.15) is 42.0 Å². The summed E-state index contributed by atoms with van der Waals surface area (Å²) in [6, 6.07) is 6.49. The van der Waals surface area contributed by atoms with E-state index in [0.29, 0.717) is 5.75 Å². The molecule has 0 unspecified atom stereocenters. The minimum atomic E-state index is -2.50. The second-order valence-electron chi connectivity index (χ2n) is 6.99. The Labute approximate surface area is 170 Å². The minimum absolute atomic E-state index is 0.0759. The van der Waals surface area contributed by atoms with Gasteiger partial charge < -0.3 is 15.8 Å². The number of hydrogen-bond acceptors (Lipinski definition) is 5. The lowest BCUT2D eigenvalue weighted by Crippen LogP contribution is -2.49. The van der Waals surface area contributed by atoms with Crippen molar-refractivity contribution in [2.75, 3.05) is 25.8 Å². The summed E-state index contributed by atoms with van der Waals surface area (Å²) in [6.45, 7) is -2.58. The summed E-state index contributed by atoms with van der Waals surface area (Å²) >= 11 is 0. The lowest BCUT2D eigenvalue weighted by molar-refractivity contribution is 0.102. The molecule has 3 rings (SSSR count). The number of nitrogens with zero attached hydrogens (tertiary/aromatic N) is 2. The summed E-state index contributed by atoms with van der Waals surface area (Å²) in [5.41, 5.74) is 1.25. The molecule has 10 heteroatoms. The maximum Gasteiger partial charge on any atom is 0.274 e. The van der Waals surface area contributed by atoms with E-state index in [9.17, 15) is 22.4 Å². The van der Waals surface area contributed by atoms with E-state index >= 15 is 0 Å². The van der Waals surface area contributed by atoms with Gasteiger partial charge in [-0.3, -0.25) is 9.79 Å². The van der Waals surface area contributed by atoms with Crippen LogP contribution in [0.2, 0.25) is 0 Å². The monoisotopic (exact) mass is 424 g/mol. The Hall–Kier alpha value is -3.17. The van der Waals surface area contributed by atoms with Gasteiger partial charge in [0.2, 0.25) is 0 Å². The highest BCUT2D eigenvalue weighted by Gasteiger charge is 2.47. The van der Waals surface area contributed by atoms with Crippen LogP contribution in [0.3, 0.4) is 0 Å². The highest BCUT2D eigenvalue weighted by molar-refractivity contribution is 6.03. The zero-order valence-electron chi connectivity index (χ0n) is 16.1. The van der Waals surface area contributed by atoms with E-state index in [4.69, 9.17) is 10.5 Å². The number of anilines is 1. The van der Waals surface area contributed by atoms with E-state index in [1.165, 1.54) is 31.5 Å². The van der Waals surface area contributed by atoms with Crippen LogP contribution < -0.4 is 15.8 Å². The third-order valence-electron chi connectivity index (χ3n) is 5.09. The molecular weight excluding hydrogens is 404 g/mol. The number of nitrogens with one attached hydrogen (secondary N) is 1. The molecule has 0 fully saturated rings. The van der Waals surface area contributed by atoms with Gasteiger partial charge in [-0.15, -0.1) is 0 Å². The molecule has 0 bridgehead atoms. The molecule has 6 nitrogen and oxygen atoms in total. The predicted molar refractivity (Wildman–Crippen MR) is 103 cm³/mol. The molecule has 0 saturated heterocycles. The van der Waals surface area contributed by atoms with Gasteiger partial charge in [0.25, 0.3) is 5.91 Å². The highest BCUT2D eigenvalue weighted by atomic mass is 19.2. The molecule has 2 heterocycles. The van der Waals surface area contributed by atoms with E-state index in [1.54, 1.807) is 6.07 Å². The highest BCUT2D eigenvalue weighted by Crippen LogP contribution is 2.41. The standard InChI is InChI=1S/C20H20F4N4O2/c1-30-13-3-5-16(26-9-13)17(29)27-12-2-4-15(23)14(8-12)20(11-22)7-6-19(24,10-21)18(25)28-20/h2-5,8-9H,6-7,10-11H2,1H3,(H2,25,28)(H,27,29)/t19-,20+/m0/s1. The van der Waals surface area contributed by atoms with Gasteiger partial charge in [-0.2, -0.15) is 0 Å². The zero-order valence-corrected chi connectivity index (χ0v) is 16.1. The topological polar surface area (TPSA) is 89.6 Å². The Bertz CT molecular complexity index is 970. The van der Waals surface area contributed by atoms with Crippen LogP contribution in [0.15, 0.2) is 41.5 Å². The molecule has 2 atom stereocenters. The lowest BCUT2D eigenvalue weighted by atomic mass is 9.80. The maximum absolute atomic E-state index is 14.5. The molecular formula is C20H20F4N4O2. The number of pyridine rings is 1. The number of rotatable bonds is 6. The summed E-state index contributed by atoms with van der Waals surface area (Å²) in [7, 11) is 1.46. The number of amidine groups is 1. The SMILES string of the molecule is COc1ccc(C(=O)Nc2ccc(F)c([C@]3(CF)CC[C@](F)(CF)C(N)=N3)c2)nc1. The number of hydrogen-bond donors (Lipinski definition) is 2. The van der Waals surface area contributed by atoms with Crippen molar-refractivity contribution in [1.82, 2.24) is 4.98 Å². The molecule has 0 saturated carbocycles. The predicted octanol–water partition coefficient (Wildman–Crippen LogP) is 3.48. The first kappa shape index (κ1) is 21.5. The normalized spacial score (nSPS) is 23.6. The number of aliphatic imine (C=N–C) groups is 1. The largest absolute Gasteiger partial charge is 0.495 e. The van der Waals surface area contributed by atoms with E-state index < -0.39 is 48.5 Å². The van der Waals surface area contributed by atoms with Crippen molar-refractivity contribution in [1.29, 1.82) is 0 Å². The first-order valence-electron chi connectivity index (χ1n) is 9.05. The van der Waals surface area contributed by atoms with E-state index in [1.807, 2.05) is 0 Å². The Morgan fingerprint density at radius 2 is 2.00 bits per heavy atom. The fourth-order valence-electron chi connectivity index (χ4n) is 3.21. The van der Waals surface area contributed by atoms with Crippen molar-refractivity contribution in [2.24, 2.45) is 10.7 Å². The Kier molecular flexibility index (Phi) is 5.95. The second-order valence-corrected chi connectivity index (χ2v) is 6.99. The number of nitrogens with two attached hydrogens (primary N) is 1. The van der Waals surface area contributed by atoms with E-state index in [0.717, 1.165) is 6.07 Å². The van der Waals surface area contributed by atoms with Crippen LogP contribution in [0.5, 0.6) is 5.75 Å². The van der Waals surface area contributed by atoms with Crippen LogP contribution in [0.4, 0.5) is 23.2 Å². The molecule has 1 amide bonds. The number of methoxy groups -OCH3 is 1. The van der Waals surface area contributed by atoms with Crippen LogP contribution in [-0.4, -0.2) is 42.9 Å². The average Bonchev–Trinajstić information content (AvgIpc) is 2.77. The molecule has 160 valence electrons. The summed E-state index contributed by atoms with van der Waals surface area (Å²) < 4.78 is 60.9.